The fourth-order valence-corrected chi connectivity index (χ4v) is 17.5. The number of nitriles is 4. The molecule has 8 aromatic heterocycles. The van der Waals surface area contributed by atoms with E-state index in [0.717, 1.165) is 88.8 Å². The molecule has 0 aliphatic heterocycles. The van der Waals surface area contributed by atoms with Crippen molar-refractivity contribution in [3.05, 3.63) is 379 Å². The normalized spacial score (nSPS) is 13.7. The number of rotatable bonds is 28. The average molecular weight is 1770 g/mol. The summed E-state index contributed by atoms with van der Waals surface area (Å²) in [6, 6.07) is 87.0. The van der Waals surface area contributed by atoms with E-state index in [1.165, 1.54) is 22.3 Å². The van der Waals surface area contributed by atoms with Crippen molar-refractivity contribution in [1.29, 1.82) is 42.7 Å². The molecule has 0 fully saturated rings. The summed E-state index contributed by atoms with van der Waals surface area (Å²) < 4.78 is 15.1. The number of benzene rings is 8. The number of nitrogens with zero attached hydrogens (tertiary/aromatic N) is 16. The Morgan fingerprint density at radius 3 is 0.752 bits per heavy atom. The molecule has 1 amide bonds. The average Bonchev–Trinajstić information content (AvgIpc) is 1.62. The molecule has 8 aromatic carbocycles. The number of aliphatic hydroxyl groups is 3. The molecule has 0 radical (unpaired) electrons. The van der Waals surface area contributed by atoms with Gasteiger partial charge in [0, 0.05) is 31.3 Å². The Labute approximate surface area is 775 Å². The molecular formula is C108H115N21O4. The van der Waals surface area contributed by atoms with Gasteiger partial charge in [0.25, 0.3) is 0 Å². The first-order valence-electron chi connectivity index (χ1n) is 44.9. The molecular weight excluding hydrogens is 1660 g/mol. The van der Waals surface area contributed by atoms with Crippen LogP contribution in [0.5, 0.6) is 0 Å². The van der Waals surface area contributed by atoms with Gasteiger partial charge in [-0.2, -0.15) is 21.0 Å². The number of aryl methyl sites for hydroxylation is 8. The van der Waals surface area contributed by atoms with Gasteiger partial charge >= 0.3 is 5.91 Å². The summed E-state index contributed by atoms with van der Waals surface area (Å²) in [6.45, 7) is 24.9. The van der Waals surface area contributed by atoms with Gasteiger partial charge in [-0.05, 0) is 202 Å². The smallest absolute Gasteiger partial charge is 0.322 e. The Kier molecular flexibility index (Phi) is 31.1. The van der Waals surface area contributed by atoms with Gasteiger partial charge < -0.3 is 38.9 Å². The molecule has 8 heterocycles. The van der Waals surface area contributed by atoms with Gasteiger partial charge in [-0.15, -0.1) is 0 Å². The minimum Gasteiger partial charge on any atom is -0.390 e. The van der Waals surface area contributed by atoms with Crippen LogP contribution in [-0.2, 0) is 30.5 Å². The Hall–Kier alpha value is -15.3. The highest BCUT2D eigenvalue weighted by atomic mass is 16.3. The Morgan fingerprint density at radius 2 is 0.526 bits per heavy atom. The third-order valence-electron chi connectivity index (χ3n) is 25.1. The van der Waals surface area contributed by atoms with Gasteiger partial charge in [0.2, 0.25) is 22.5 Å². The summed E-state index contributed by atoms with van der Waals surface area (Å²) in [7, 11) is 0. The third kappa shape index (κ3) is 21.9. The van der Waals surface area contributed by atoms with E-state index in [1.54, 1.807) is 44.6 Å². The van der Waals surface area contributed by atoms with Gasteiger partial charge in [0.15, 0.2) is 28.7 Å². The number of fused-ring (bicyclic) bond motifs is 4. The van der Waals surface area contributed by atoms with Crippen molar-refractivity contribution in [2.75, 3.05) is 6.54 Å². The lowest BCUT2D eigenvalue weighted by atomic mass is 9.98. The van der Waals surface area contributed by atoms with Gasteiger partial charge in [-0.25, -0.2) is 19.9 Å². The molecule has 133 heavy (non-hydrogen) atoms. The number of imidazole rings is 4. The van der Waals surface area contributed by atoms with Gasteiger partial charge in [0.1, 0.15) is 0 Å². The summed E-state index contributed by atoms with van der Waals surface area (Å²) in [5, 5.41) is 109. The Bertz CT molecular complexity index is 6650. The molecule has 0 bridgehead atoms. The van der Waals surface area contributed by atoms with E-state index in [1.807, 2.05) is 184 Å². The van der Waals surface area contributed by atoms with E-state index in [4.69, 9.17) is 26.9 Å². The van der Waals surface area contributed by atoms with Crippen LogP contribution in [0.2, 0.25) is 0 Å². The number of carbonyl (C=O) groups excluding carboxylic acids is 1. The second-order valence-electron chi connectivity index (χ2n) is 34.7. The predicted octanol–water partition coefficient (Wildman–Crippen LogP) is 17.8. The van der Waals surface area contributed by atoms with Gasteiger partial charge in [-0.3, -0.25) is 44.7 Å². The lowest BCUT2D eigenvalue weighted by Crippen LogP contribution is -2.37. The highest BCUT2D eigenvalue weighted by Crippen LogP contribution is 2.34. The molecule has 0 saturated carbocycles. The van der Waals surface area contributed by atoms with Gasteiger partial charge in [0.05, 0.1) is 126 Å². The molecule has 25 nitrogen and oxygen atoms in total. The number of aromatic nitrogens is 12. The molecule has 0 aliphatic carbocycles. The lowest BCUT2D eigenvalue weighted by Gasteiger charge is -2.24. The van der Waals surface area contributed by atoms with E-state index in [-0.39, 0.29) is 72.9 Å². The summed E-state index contributed by atoms with van der Waals surface area (Å²) in [5.74, 6) is -0.689. The van der Waals surface area contributed by atoms with E-state index in [2.05, 4.69) is 208 Å². The standard InChI is InChI=1S/C27H28N6O.3C27H29N5O/c1-18-6-10-21(11-7-18)15-23(17-31-25(34)16-28)33-26-24(5-4-14-30-26)32(27(33)29)20(3)22-12-8-19(2)9-13-22;3*1-18-6-10-21(11-7-18)17-24(25(33)14-15-28)32-26-23(5-4-16-30-26)31(27(32)29)20(3)22-12-8-19(2)9-13-22/h4-14,20,23,29H,15,17H2,1-3H3,(H,31,34);3*4-13,16,20,24-25,29,33H,14,17H2,1-3H3/t20?,23-;3*20?,24-,25?/m0000/s1. The molecule has 0 saturated heterocycles. The summed E-state index contributed by atoms with van der Waals surface area (Å²) >= 11 is 0. The number of aliphatic hydroxyl groups excluding tert-OH is 3. The number of amides is 1. The van der Waals surface area contributed by atoms with Crippen molar-refractivity contribution in [3.8, 4) is 24.3 Å². The molecule has 25 heteroatoms. The summed E-state index contributed by atoms with van der Waals surface area (Å²) in [5.41, 5.74) is 24.9. The van der Waals surface area contributed by atoms with Crippen molar-refractivity contribution in [1.82, 2.24) is 61.8 Å². The maximum atomic E-state index is 11.8. The van der Waals surface area contributed by atoms with Crippen molar-refractivity contribution >= 4 is 50.6 Å². The lowest BCUT2D eigenvalue weighted by molar-refractivity contribution is -0.116. The van der Waals surface area contributed by atoms with E-state index < -0.39 is 42.3 Å². The SMILES string of the molecule is Cc1ccc(C[C@@H](C(O)CC#N)n2c(=N)n(C(C)c3ccc(C)cc3)c3cccnc32)cc1.Cc1ccc(C[C@@H](C(O)CC#N)n2c(=N)n(C(C)c3ccc(C)cc3)c3cccnc32)cc1.Cc1ccc(C[C@@H](C(O)CC#N)n2c(=N)n(C(C)c3ccc(C)cc3)c3cccnc32)cc1.Cc1ccc(C[C@@H](CNC(=O)C#N)n2c(=N)n(C(C)c3ccc(C)cc3)c3cccnc32)cc1. The number of carbonyl (C=O) groups is 1. The summed E-state index contributed by atoms with van der Waals surface area (Å²) in [4.78, 5) is 30.2. The molecule has 676 valence electrons. The van der Waals surface area contributed by atoms with Crippen molar-refractivity contribution in [2.45, 2.75) is 195 Å². The van der Waals surface area contributed by atoms with E-state index in [0.29, 0.717) is 53.9 Å². The molecule has 0 aliphatic rings. The topological polar surface area (TPSA) is 371 Å². The second kappa shape index (κ2) is 43.4. The van der Waals surface area contributed by atoms with Gasteiger partial charge in [-0.1, -0.05) is 239 Å². The minimum atomic E-state index is -0.929. The fourth-order valence-electron chi connectivity index (χ4n) is 17.5. The fraction of sp³-hybridized carbons (Fsp3) is 0.287. The van der Waals surface area contributed by atoms with Crippen LogP contribution in [-0.4, -0.2) is 103 Å². The zero-order valence-corrected chi connectivity index (χ0v) is 77.3. The van der Waals surface area contributed by atoms with E-state index in [9.17, 15) is 35.9 Å². The van der Waals surface area contributed by atoms with Crippen LogP contribution < -0.4 is 27.8 Å². The predicted molar refractivity (Wildman–Crippen MR) is 517 cm³/mol. The molecule has 16 aromatic rings. The molecule has 0 spiro atoms. The van der Waals surface area contributed by atoms with Crippen LogP contribution in [0.1, 0.15) is 184 Å². The van der Waals surface area contributed by atoms with Crippen LogP contribution in [0.15, 0.2) is 267 Å². The third-order valence-corrected chi connectivity index (χ3v) is 25.1. The highest BCUT2D eigenvalue weighted by Gasteiger charge is 2.33. The Morgan fingerprint density at radius 1 is 0.316 bits per heavy atom. The molecule has 11 atom stereocenters. The van der Waals surface area contributed by atoms with Crippen LogP contribution in [0.3, 0.4) is 0 Å². The van der Waals surface area contributed by atoms with Crippen LogP contribution in [0.25, 0.3) is 44.7 Å². The first-order chi connectivity index (χ1) is 64.1. The first kappa shape index (κ1) is 95.3. The largest absolute Gasteiger partial charge is 0.390 e. The minimum absolute atomic E-state index is 0.0179. The second-order valence-corrected chi connectivity index (χ2v) is 34.7. The van der Waals surface area contributed by atoms with Crippen molar-refractivity contribution < 1.29 is 20.1 Å². The highest BCUT2D eigenvalue weighted by molar-refractivity contribution is 5.91. The first-order valence-corrected chi connectivity index (χ1v) is 44.9. The zero-order valence-electron chi connectivity index (χ0n) is 77.3. The molecule has 7 unspecified atom stereocenters. The molecule has 8 N–H and O–H groups in total. The van der Waals surface area contributed by atoms with Crippen LogP contribution >= 0.6 is 0 Å². The molecule has 16 rings (SSSR count). The maximum Gasteiger partial charge on any atom is 0.322 e. The number of hydrogen-bond donors (Lipinski definition) is 8. The number of nitrogens with one attached hydrogen (secondary N) is 5. The quantitative estimate of drug-likeness (QED) is 0.0212. The number of hydrogen-bond acceptors (Lipinski definition) is 16. The van der Waals surface area contributed by atoms with E-state index >= 15 is 0 Å². The monoisotopic (exact) mass is 1770 g/mol. The number of pyridine rings is 4. The maximum absolute atomic E-state index is 11.8. The zero-order chi connectivity index (χ0) is 94.8. The Balaban J connectivity index is 0.000000151. The van der Waals surface area contributed by atoms with Crippen LogP contribution in [0.4, 0.5) is 0 Å². The van der Waals surface area contributed by atoms with Crippen LogP contribution in [0, 0.1) is 122 Å². The summed E-state index contributed by atoms with van der Waals surface area (Å²) in [6.07, 6.45) is 6.06. The van der Waals surface area contributed by atoms with Crippen molar-refractivity contribution in [3.63, 3.8) is 0 Å². The van der Waals surface area contributed by atoms with Crippen molar-refractivity contribution in [2.24, 2.45) is 0 Å².